The summed E-state index contributed by atoms with van der Waals surface area (Å²) in [5.41, 5.74) is 3.32. The Labute approximate surface area is 166 Å². The molecule has 1 aliphatic heterocycles. The van der Waals surface area contributed by atoms with Gasteiger partial charge < -0.3 is 9.64 Å². The van der Waals surface area contributed by atoms with E-state index in [2.05, 4.69) is 39.5 Å². The normalized spacial score (nSPS) is 20.0. The first-order chi connectivity index (χ1) is 12.6. The number of ether oxygens (including phenoxy) is 1. The molecule has 0 unspecified atom stereocenters. The van der Waals surface area contributed by atoms with Gasteiger partial charge in [0.2, 0.25) is 0 Å². The molecule has 4 nitrogen and oxygen atoms in total. The van der Waals surface area contributed by atoms with Crippen molar-refractivity contribution in [3.8, 4) is 0 Å². The van der Waals surface area contributed by atoms with Crippen LogP contribution < -0.4 is 10.2 Å². The standard InChI is InChI=1S/C19H20ClN3OS2/c1-23(2)14-6-3-12(4-7-14)18-21-10-15(24-18)11-25-19-22-16-9-13(20)5-8-17(16)26-19/h3-9,15,18,21H,10-11H2,1-2H3/t15-,18-/m1/s1. The molecule has 1 saturated heterocycles. The van der Waals surface area contributed by atoms with Gasteiger partial charge in [0.1, 0.15) is 6.23 Å². The van der Waals surface area contributed by atoms with Crippen molar-refractivity contribution in [3.63, 3.8) is 0 Å². The fourth-order valence-corrected chi connectivity index (χ4v) is 5.12. The lowest BCUT2D eigenvalue weighted by molar-refractivity contribution is 0.0535. The predicted octanol–water partition coefficient (Wildman–Crippen LogP) is 4.80. The first kappa shape index (κ1) is 18.1. The smallest absolute Gasteiger partial charge is 0.151 e. The molecule has 0 radical (unpaired) electrons. The molecule has 3 aromatic rings. The zero-order valence-corrected chi connectivity index (χ0v) is 17.0. The Kier molecular flexibility index (Phi) is 5.38. The van der Waals surface area contributed by atoms with Gasteiger partial charge in [-0.25, -0.2) is 4.98 Å². The van der Waals surface area contributed by atoms with Crippen molar-refractivity contribution in [2.45, 2.75) is 16.7 Å². The minimum absolute atomic E-state index is 0.0361. The third kappa shape index (κ3) is 4.00. The summed E-state index contributed by atoms with van der Waals surface area (Å²) in [7, 11) is 4.09. The lowest BCUT2D eigenvalue weighted by Crippen LogP contribution is -2.16. The number of fused-ring (bicyclic) bond motifs is 1. The molecule has 1 aliphatic rings. The molecule has 2 atom stereocenters. The number of rotatable bonds is 5. The molecule has 1 aromatic heterocycles. The van der Waals surface area contributed by atoms with Crippen LogP contribution in [-0.2, 0) is 4.74 Å². The van der Waals surface area contributed by atoms with Crippen LogP contribution in [0.4, 0.5) is 5.69 Å². The van der Waals surface area contributed by atoms with Crippen molar-refractivity contribution in [3.05, 3.63) is 53.1 Å². The fraction of sp³-hybridized carbons (Fsp3) is 0.316. The van der Waals surface area contributed by atoms with Gasteiger partial charge in [-0.2, -0.15) is 0 Å². The lowest BCUT2D eigenvalue weighted by atomic mass is 10.2. The second kappa shape index (κ2) is 7.74. The summed E-state index contributed by atoms with van der Waals surface area (Å²) in [6, 6.07) is 14.3. The minimum Gasteiger partial charge on any atom is -0.378 e. The Morgan fingerprint density at radius 2 is 2.08 bits per heavy atom. The third-order valence-corrected chi connectivity index (χ3v) is 6.84. The Morgan fingerprint density at radius 3 is 2.85 bits per heavy atom. The van der Waals surface area contributed by atoms with Gasteiger partial charge in [0.15, 0.2) is 4.34 Å². The molecular weight excluding hydrogens is 386 g/mol. The fourth-order valence-electron chi connectivity index (χ4n) is 2.87. The highest BCUT2D eigenvalue weighted by Gasteiger charge is 2.26. The van der Waals surface area contributed by atoms with Gasteiger partial charge in [-0.1, -0.05) is 35.5 Å². The van der Waals surface area contributed by atoms with Gasteiger partial charge in [0.05, 0.1) is 16.3 Å². The average molecular weight is 406 g/mol. The minimum atomic E-state index is -0.0361. The molecule has 2 heterocycles. The zero-order valence-electron chi connectivity index (χ0n) is 14.6. The molecule has 0 saturated carbocycles. The maximum atomic E-state index is 6.17. The molecule has 136 valence electrons. The van der Waals surface area contributed by atoms with Crippen LogP contribution in [0.15, 0.2) is 46.8 Å². The van der Waals surface area contributed by atoms with Crippen molar-refractivity contribution in [2.24, 2.45) is 0 Å². The average Bonchev–Trinajstić information content (AvgIpc) is 3.26. The quantitative estimate of drug-likeness (QED) is 0.617. The molecule has 2 aromatic carbocycles. The maximum absolute atomic E-state index is 6.17. The molecule has 1 fully saturated rings. The van der Waals surface area contributed by atoms with Crippen LogP contribution in [0.5, 0.6) is 0 Å². The van der Waals surface area contributed by atoms with Crippen molar-refractivity contribution in [1.82, 2.24) is 10.3 Å². The van der Waals surface area contributed by atoms with E-state index >= 15 is 0 Å². The van der Waals surface area contributed by atoms with E-state index in [-0.39, 0.29) is 12.3 Å². The first-order valence-corrected chi connectivity index (χ1v) is 10.6. The number of nitrogens with one attached hydrogen (secondary N) is 1. The van der Waals surface area contributed by atoms with Crippen LogP contribution >= 0.6 is 34.7 Å². The number of halogens is 1. The number of hydrogen-bond acceptors (Lipinski definition) is 6. The molecule has 0 bridgehead atoms. The third-order valence-electron chi connectivity index (χ3n) is 4.29. The molecule has 0 aliphatic carbocycles. The van der Waals surface area contributed by atoms with Gasteiger partial charge in [0, 0.05) is 37.1 Å². The van der Waals surface area contributed by atoms with Crippen molar-refractivity contribution >= 4 is 50.6 Å². The van der Waals surface area contributed by atoms with E-state index in [1.54, 1.807) is 23.1 Å². The van der Waals surface area contributed by atoms with E-state index in [0.29, 0.717) is 0 Å². The summed E-state index contributed by atoms with van der Waals surface area (Å²) in [6.45, 7) is 0.851. The second-order valence-corrected chi connectivity index (χ2v) is 9.17. The van der Waals surface area contributed by atoms with Crippen LogP contribution in [0.3, 0.4) is 0 Å². The van der Waals surface area contributed by atoms with E-state index < -0.39 is 0 Å². The molecule has 4 rings (SSSR count). The highest BCUT2D eigenvalue weighted by molar-refractivity contribution is 8.01. The number of nitrogens with zero attached hydrogens (tertiary/aromatic N) is 2. The van der Waals surface area contributed by atoms with Crippen molar-refractivity contribution < 1.29 is 4.74 Å². The van der Waals surface area contributed by atoms with Gasteiger partial charge >= 0.3 is 0 Å². The van der Waals surface area contributed by atoms with Gasteiger partial charge in [-0.3, -0.25) is 5.32 Å². The maximum Gasteiger partial charge on any atom is 0.151 e. The molecule has 26 heavy (non-hydrogen) atoms. The Hall–Kier alpha value is -1.31. The van der Waals surface area contributed by atoms with Crippen molar-refractivity contribution in [1.29, 1.82) is 0 Å². The van der Waals surface area contributed by atoms with Crippen LogP contribution in [-0.4, -0.2) is 37.5 Å². The first-order valence-electron chi connectivity index (χ1n) is 8.43. The number of thioether (sulfide) groups is 1. The zero-order chi connectivity index (χ0) is 18.1. The Bertz CT molecular complexity index is 897. The van der Waals surface area contributed by atoms with Crippen LogP contribution in [0, 0.1) is 0 Å². The Balaban J connectivity index is 1.35. The van der Waals surface area contributed by atoms with E-state index in [0.717, 1.165) is 32.7 Å². The van der Waals surface area contributed by atoms with Gasteiger partial charge in [-0.15, -0.1) is 11.3 Å². The monoisotopic (exact) mass is 405 g/mol. The molecule has 0 spiro atoms. The predicted molar refractivity (Wildman–Crippen MR) is 112 cm³/mol. The topological polar surface area (TPSA) is 37.4 Å². The number of aromatic nitrogens is 1. The molecular formula is C19H20ClN3OS2. The molecule has 1 N–H and O–H groups in total. The van der Waals surface area contributed by atoms with Crippen LogP contribution in [0.1, 0.15) is 11.8 Å². The van der Waals surface area contributed by atoms with E-state index in [1.165, 1.54) is 10.4 Å². The highest BCUT2D eigenvalue weighted by Crippen LogP contribution is 2.33. The Morgan fingerprint density at radius 1 is 1.27 bits per heavy atom. The van der Waals surface area contributed by atoms with Crippen molar-refractivity contribution in [2.75, 3.05) is 31.3 Å². The summed E-state index contributed by atoms with van der Waals surface area (Å²) in [5.74, 6) is 0.882. The molecule has 0 amide bonds. The second-order valence-electron chi connectivity index (χ2n) is 6.44. The number of hydrogen-bond donors (Lipinski definition) is 1. The number of thiazole rings is 1. The van der Waals surface area contributed by atoms with Gasteiger partial charge in [0.25, 0.3) is 0 Å². The number of anilines is 1. The lowest BCUT2D eigenvalue weighted by Gasteiger charge is -2.16. The van der Waals surface area contributed by atoms with Crippen LogP contribution in [0.2, 0.25) is 5.02 Å². The highest BCUT2D eigenvalue weighted by atomic mass is 35.5. The largest absolute Gasteiger partial charge is 0.378 e. The van der Waals surface area contributed by atoms with Crippen LogP contribution in [0.25, 0.3) is 10.2 Å². The van der Waals surface area contributed by atoms with E-state index in [9.17, 15) is 0 Å². The summed E-state index contributed by atoms with van der Waals surface area (Å²) in [6.07, 6.45) is 0.139. The summed E-state index contributed by atoms with van der Waals surface area (Å²) in [5, 5.41) is 4.19. The SMILES string of the molecule is CN(C)c1ccc([C@@H]2NC[C@H](CSc3nc4cc(Cl)ccc4s3)O2)cc1. The molecule has 7 heteroatoms. The van der Waals surface area contributed by atoms with E-state index in [1.807, 2.05) is 32.3 Å². The van der Waals surface area contributed by atoms with Gasteiger partial charge in [-0.05, 0) is 35.9 Å². The van der Waals surface area contributed by atoms with E-state index in [4.69, 9.17) is 16.3 Å². The number of benzene rings is 2. The summed E-state index contributed by atoms with van der Waals surface area (Å²) >= 11 is 9.49. The summed E-state index contributed by atoms with van der Waals surface area (Å²) in [4.78, 5) is 6.75. The summed E-state index contributed by atoms with van der Waals surface area (Å²) < 4.78 is 8.40.